The molecule has 1 heterocycles. The van der Waals surface area contributed by atoms with Gasteiger partial charge in [-0.2, -0.15) is 0 Å². The summed E-state index contributed by atoms with van der Waals surface area (Å²) in [5.74, 6) is -2.27. The highest BCUT2D eigenvalue weighted by molar-refractivity contribution is 5.90. The van der Waals surface area contributed by atoms with Crippen LogP contribution in [0.15, 0.2) is 0 Å². The lowest BCUT2D eigenvalue weighted by Crippen LogP contribution is -2.45. The molecule has 0 aromatic heterocycles. The summed E-state index contributed by atoms with van der Waals surface area (Å²) in [7, 11) is 0. The molecule has 1 aliphatic rings. The Morgan fingerprint density at radius 2 is 2.11 bits per heavy atom. The molecule has 1 rings (SSSR count). The molecule has 0 spiro atoms. The maximum Gasteiger partial charge on any atom is 0.304 e. The normalized spacial score (nSPS) is 24.5. The number of amides is 2. The van der Waals surface area contributed by atoms with E-state index in [1.807, 2.05) is 6.92 Å². The van der Waals surface area contributed by atoms with E-state index >= 15 is 0 Å². The molecule has 1 unspecified atom stereocenters. The molecule has 1 fully saturated rings. The second-order valence-electron chi connectivity index (χ2n) is 5.07. The first-order chi connectivity index (χ1) is 8.92. The summed E-state index contributed by atoms with van der Waals surface area (Å²) < 4.78 is 0. The molecular formula is C13H22N2O4. The Morgan fingerprint density at radius 3 is 2.53 bits per heavy atom. The minimum atomic E-state index is -0.978. The highest BCUT2D eigenvalue weighted by atomic mass is 16.4. The molecule has 6 heteroatoms. The number of carboxylic acid groups (broad SMARTS) is 1. The van der Waals surface area contributed by atoms with E-state index in [1.165, 1.54) is 4.90 Å². The van der Waals surface area contributed by atoms with Gasteiger partial charge in [0.1, 0.15) is 6.04 Å². The third-order valence-electron chi connectivity index (χ3n) is 3.75. The number of nitrogens with zero attached hydrogens (tertiary/aromatic N) is 1. The minimum Gasteiger partial charge on any atom is -0.481 e. The van der Waals surface area contributed by atoms with Crippen LogP contribution in [0.2, 0.25) is 0 Å². The van der Waals surface area contributed by atoms with Gasteiger partial charge in [-0.15, -0.1) is 0 Å². The second kappa shape index (κ2) is 6.54. The predicted octanol–water partition coefficient (Wildman–Crippen LogP) is 0.600. The second-order valence-corrected chi connectivity index (χ2v) is 5.07. The average molecular weight is 270 g/mol. The Labute approximate surface area is 112 Å². The molecule has 3 atom stereocenters. The van der Waals surface area contributed by atoms with E-state index in [0.717, 1.165) is 12.8 Å². The number of aliphatic carboxylic acids is 1. The number of hydrogen-bond donors (Lipinski definition) is 2. The third-order valence-corrected chi connectivity index (χ3v) is 3.75. The summed E-state index contributed by atoms with van der Waals surface area (Å²) in [6.45, 7) is 4.23. The molecule has 3 N–H and O–H groups in total. The molecule has 0 aliphatic carbocycles. The Morgan fingerprint density at radius 1 is 1.47 bits per heavy atom. The number of nitrogens with two attached hydrogens (primary N) is 1. The van der Waals surface area contributed by atoms with Gasteiger partial charge in [-0.3, -0.25) is 14.4 Å². The zero-order valence-corrected chi connectivity index (χ0v) is 11.5. The van der Waals surface area contributed by atoms with E-state index in [-0.39, 0.29) is 18.2 Å². The summed E-state index contributed by atoms with van der Waals surface area (Å²) in [5, 5.41) is 8.91. The van der Waals surface area contributed by atoms with E-state index in [9.17, 15) is 14.4 Å². The van der Waals surface area contributed by atoms with E-state index in [1.54, 1.807) is 6.92 Å². The van der Waals surface area contributed by atoms with Crippen LogP contribution in [-0.4, -0.2) is 40.4 Å². The monoisotopic (exact) mass is 270 g/mol. The number of primary amides is 1. The molecular weight excluding hydrogens is 248 g/mol. The standard InChI is InChI=1S/C13H22N2O4/c1-3-5-8-7-15(10(4-2)12(14)18)13(19)9(8)6-11(16)17/h8-10H,3-7H2,1-2H3,(H2,14,18)(H,16,17)/t8-,9?,10-/m0/s1. The first kappa shape index (κ1) is 15.5. The van der Waals surface area contributed by atoms with Crippen LogP contribution in [-0.2, 0) is 14.4 Å². The average Bonchev–Trinajstić information content (AvgIpc) is 2.59. The van der Waals surface area contributed by atoms with Crippen molar-refractivity contribution in [3.05, 3.63) is 0 Å². The molecule has 19 heavy (non-hydrogen) atoms. The molecule has 0 saturated carbocycles. The van der Waals surface area contributed by atoms with Crippen molar-refractivity contribution in [2.75, 3.05) is 6.54 Å². The van der Waals surface area contributed by atoms with Crippen LogP contribution in [0.1, 0.15) is 39.5 Å². The van der Waals surface area contributed by atoms with Crippen LogP contribution in [0.4, 0.5) is 0 Å². The van der Waals surface area contributed by atoms with E-state index in [4.69, 9.17) is 10.8 Å². The molecule has 6 nitrogen and oxygen atoms in total. The number of hydrogen-bond acceptors (Lipinski definition) is 3. The molecule has 0 bridgehead atoms. The fourth-order valence-corrected chi connectivity index (χ4v) is 2.85. The molecule has 1 aliphatic heterocycles. The first-order valence-corrected chi connectivity index (χ1v) is 6.73. The molecule has 1 saturated heterocycles. The van der Waals surface area contributed by atoms with Gasteiger partial charge in [0.2, 0.25) is 11.8 Å². The van der Waals surface area contributed by atoms with Crippen molar-refractivity contribution < 1.29 is 19.5 Å². The summed E-state index contributed by atoms with van der Waals surface area (Å²) in [6, 6.07) is -0.620. The molecule has 108 valence electrons. The topological polar surface area (TPSA) is 101 Å². The number of likely N-dealkylation sites (tertiary alicyclic amines) is 1. The smallest absolute Gasteiger partial charge is 0.304 e. The van der Waals surface area contributed by atoms with Crippen LogP contribution in [0.25, 0.3) is 0 Å². The van der Waals surface area contributed by atoms with E-state index in [2.05, 4.69) is 0 Å². The van der Waals surface area contributed by atoms with Gasteiger partial charge in [0, 0.05) is 6.54 Å². The Balaban J connectivity index is 2.90. The summed E-state index contributed by atoms with van der Waals surface area (Å²) in [6.07, 6.45) is 1.96. The van der Waals surface area contributed by atoms with Gasteiger partial charge >= 0.3 is 5.97 Å². The van der Waals surface area contributed by atoms with Gasteiger partial charge < -0.3 is 15.7 Å². The van der Waals surface area contributed by atoms with Crippen molar-refractivity contribution in [1.82, 2.24) is 4.90 Å². The van der Waals surface area contributed by atoms with Gasteiger partial charge in [-0.1, -0.05) is 20.3 Å². The van der Waals surface area contributed by atoms with Gasteiger partial charge in [0.25, 0.3) is 0 Å². The lowest BCUT2D eigenvalue weighted by Gasteiger charge is -2.24. The van der Waals surface area contributed by atoms with E-state index < -0.39 is 23.8 Å². The fourth-order valence-electron chi connectivity index (χ4n) is 2.85. The number of rotatable bonds is 7. The lowest BCUT2D eigenvalue weighted by atomic mass is 9.89. The van der Waals surface area contributed by atoms with Crippen molar-refractivity contribution in [3.8, 4) is 0 Å². The van der Waals surface area contributed by atoms with Crippen LogP contribution in [0.5, 0.6) is 0 Å². The van der Waals surface area contributed by atoms with Gasteiger partial charge in [0.05, 0.1) is 12.3 Å². The Bertz CT molecular complexity index is 370. The number of carbonyl (C=O) groups is 3. The van der Waals surface area contributed by atoms with Crippen molar-refractivity contribution >= 4 is 17.8 Å². The highest BCUT2D eigenvalue weighted by Gasteiger charge is 2.44. The van der Waals surface area contributed by atoms with Crippen LogP contribution >= 0.6 is 0 Å². The third kappa shape index (κ3) is 3.45. The van der Waals surface area contributed by atoms with Crippen molar-refractivity contribution in [2.45, 2.75) is 45.6 Å². The number of carbonyl (C=O) groups excluding carboxylic acids is 2. The summed E-state index contributed by atoms with van der Waals surface area (Å²) in [4.78, 5) is 36.0. The first-order valence-electron chi connectivity index (χ1n) is 6.73. The van der Waals surface area contributed by atoms with Crippen LogP contribution < -0.4 is 5.73 Å². The highest BCUT2D eigenvalue weighted by Crippen LogP contribution is 2.32. The van der Waals surface area contributed by atoms with Gasteiger partial charge in [-0.25, -0.2) is 0 Å². The SMILES string of the molecule is CCC[C@H]1CN([C@@H](CC)C(N)=O)C(=O)C1CC(=O)O. The zero-order valence-electron chi connectivity index (χ0n) is 11.5. The zero-order chi connectivity index (χ0) is 14.6. The van der Waals surface area contributed by atoms with Crippen molar-refractivity contribution in [3.63, 3.8) is 0 Å². The molecule has 2 amide bonds. The quantitative estimate of drug-likeness (QED) is 0.707. The van der Waals surface area contributed by atoms with Gasteiger partial charge in [0.15, 0.2) is 0 Å². The molecule has 0 radical (unpaired) electrons. The van der Waals surface area contributed by atoms with Crippen molar-refractivity contribution in [1.29, 1.82) is 0 Å². The van der Waals surface area contributed by atoms with Crippen LogP contribution in [0, 0.1) is 11.8 Å². The van der Waals surface area contributed by atoms with Gasteiger partial charge in [-0.05, 0) is 18.8 Å². The largest absolute Gasteiger partial charge is 0.481 e. The fraction of sp³-hybridized carbons (Fsp3) is 0.769. The van der Waals surface area contributed by atoms with Crippen molar-refractivity contribution in [2.24, 2.45) is 17.6 Å². The lowest BCUT2D eigenvalue weighted by molar-refractivity contribution is -0.144. The van der Waals surface area contributed by atoms with E-state index in [0.29, 0.717) is 13.0 Å². The minimum absolute atomic E-state index is 0.00185. The van der Waals surface area contributed by atoms with Crippen LogP contribution in [0.3, 0.4) is 0 Å². The predicted molar refractivity (Wildman–Crippen MR) is 69.1 cm³/mol. The maximum absolute atomic E-state index is 12.3. The summed E-state index contributed by atoms with van der Waals surface area (Å²) in [5.41, 5.74) is 5.31. The Hall–Kier alpha value is -1.59. The Kier molecular flexibility index (Phi) is 5.32. The maximum atomic E-state index is 12.3. The summed E-state index contributed by atoms with van der Waals surface area (Å²) >= 11 is 0. The molecule has 0 aromatic carbocycles. The number of carboxylic acids is 1. The molecule has 0 aromatic rings.